The monoisotopic (exact) mass is 355 g/mol. The van der Waals surface area contributed by atoms with E-state index in [1.165, 1.54) is 38.5 Å². The van der Waals surface area contributed by atoms with Crippen molar-refractivity contribution in [3.8, 4) is 11.5 Å². The molecule has 4 fully saturated rings. The highest BCUT2D eigenvalue weighted by atomic mass is 16.5. The quantitative estimate of drug-likeness (QED) is 0.783. The fourth-order valence-corrected chi connectivity index (χ4v) is 5.96. The molecule has 0 saturated heterocycles. The first-order valence-corrected chi connectivity index (χ1v) is 9.77. The Bertz CT molecular complexity index is 674. The first kappa shape index (κ1) is 17.4. The summed E-state index contributed by atoms with van der Waals surface area (Å²) >= 11 is 0. The van der Waals surface area contributed by atoms with Gasteiger partial charge in [-0.25, -0.2) is 0 Å². The summed E-state index contributed by atoms with van der Waals surface area (Å²) in [5, 5.41) is 3.18. The average molecular weight is 355 g/mol. The third kappa shape index (κ3) is 3.46. The number of ether oxygens (including phenoxy) is 2. The lowest BCUT2D eigenvalue weighted by Gasteiger charge is -2.56. The normalized spacial score (nSPS) is 32.0. The number of carbonyl (C=O) groups is 1. The van der Waals surface area contributed by atoms with Crippen LogP contribution in [0.15, 0.2) is 24.3 Å². The molecule has 0 radical (unpaired) electrons. The molecule has 4 saturated carbocycles. The molecule has 4 aliphatic rings. The van der Waals surface area contributed by atoms with Crippen LogP contribution in [0.1, 0.15) is 44.1 Å². The molecule has 1 N–H and O–H groups in total. The predicted molar refractivity (Wildman–Crippen MR) is 102 cm³/mol. The van der Waals surface area contributed by atoms with E-state index in [-0.39, 0.29) is 5.91 Å². The fraction of sp³-hybridized carbons (Fsp3) is 0.591. The summed E-state index contributed by atoms with van der Waals surface area (Å²) in [7, 11) is 3.25. The molecule has 4 heteroatoms. The van der Waals surface area contributed by atoms with Gasteiger partial charge in [-0.2, -0.15) is 0 Å². The molecule has 4 nitrogen and oxygen atoms in total. The summed E-state index contributed by atoms with van der Waals surface area (Å²) in [6.07, 6.45) is 11.7. The van der Waals surface area contributed by atoms with E-state index < -0.39 is 0 Å². The lowest BCUT2D eigenvalue weighted by molar-refractivity contribution is -0.118. The van der Waals surface area contributed by atoms with E-state index in [2.05, 4.69) is 5.32 Å². The van der Waals surface area contributed by atoms with Gasteiger partial charge in [0.1, 0.15) is 11.5 Å². The number of hydrogen-bond acceptors (Lipinski definition) is 3. The second-order valence-electron chi connectivity index (χ2n) is 8.58. The van der Waals surface area contributed by atoms with Gasteiger partial charge in [0.05, 0.1) is 14.2 Å². The summed E-state index contributed by atoms with van der Waals surface area (Å²) < 4.78 is 10.6. The van der Waals surface area contributed by atoms with E-state index in [4.69, 9.17) is 9.47 Å². The van der Waals surface area contributed by atoms with Crippen molar-refractivity contribution in [1.82, 2.24) is 5.32 Å². The Morgan fingerprint density at radius 1 is 1.12 bits per heavy atom. The number of rotatable bonds is 6. The van der Waals surface area contributed by atoms with E-state index >= 15 is 0 Å². The second-order valence-corrected chi connectivity index (χ2v) is 8.58. The summed E-state index contributed by atoms with van der Waals surface area (Å²) in [4.78, 5) is 12.4. The van der Waals surface area contributed by atoms with Crippen LogP contribution < -0.4 is 14.8 Å². The fourth-order valence-electron chi connectivity index (χ4n) is 5.96. The van der Waals surface area contributed by atoms with Gasteiger partial charge in [0.2, 0.25) is 5.91 Å². The number of amides is 1. The zero-order chi connectivity index (χ0) is 18.1. The standard InChI is InChI=1S/C22H29NO3/c1-25-19-5-3-18(20(10-19)26-2)4-6-21(24)23-14-22-11-15-7-16(12-22)9-17(8-15)13-22/h3-6,10,15-17H,7-9,11-14H2,1-2H3,(H,23,24). The first-order chi connectivity index (χ1) is 12.6. The smallest absolute Gasteiger partial charge is 0.244 e. The van der Waals surface area contributed by atoms with Crippen molar-refractivity contribution in [1.29, 1.82) is 0 Å². The van der Waals surface area contributed by atoms with Crippen molar-refractivity contribution in [2.75, 3.05) is 20.8 Å². The zero-order valence-electron chi connectivity index (χ0n) is 15.8. The maximum Gasteiger partial charge on any atom is 0.244 e. The van der Waals surface area contributed by atoms with Gasteiger partial charge in [-0.05, 0) is 79.9 Å². The Labute approximate surface area is 156 Å². The molecule has 0 heterocycles. The maximum atomic E-state index is 12.4. The number of benzene rings is 1. The van der Waals surface area contributed by atoms with Gasteiger partial charge in [0, 0.05) is 24.3 Å². The minimum atomic E-state index is -0.0152. The zero-order valence-corrected chi connectivity index (χ0v) is 15.8. The Kier molecular flexibility index (Phi) is 4.68. The molecule has 0 aromatic heterocycles. The van der Waals surface area contributed by atoms with Crippen molar-refractivity contribution in [3.63, 3.8) is 0 Å². The molecule has 140 valence electrons. The SMILES string of the molecule is COc1ccc(C=CC(=O)NCC23CC4CC(CC(C4)C2)C3)c(OC)c1. The van der Waals surface area contributed by atoms with Crippen molar-refractivity contribution in [3.05, 3.63) is 29.8 Å². The van der Waals surface area contributed by atoms with Crippen LogP contribution >= 0.6 is 0 Å². The number of hydrogen-bond donors (Lipinski definition) is 1. The van der Waals surface area contributed by atoms with Gasteiger partial charge in [-0.15, -0.1) is 0 Å². The molecule has 0 aliphatic heterocycles. The summed E-state index contributed by atoms with van der Waals surface area (Å²) in [5.41, 5.74) is 1.24. The predicted octanol–water partition coefficient (Wildman–Crippen LogP) is 4.05. The van der Waals surface area contributed by atoms with E-state index in [1.807, 2.05) is 24.3 Å². The van der Waals surface area contributed by atoms with Crippen LogP contribution in [0.25, 0.3) is 6.08 Å². The van der Waals surface area contributed by atoms with Crippen molar-refractivity contribution in [2.45, 2.75) is 38.5 Å². The average Bonchev–Trinajstić information content (AvgIpc) is 2.63. The van der Waals surface area contributed by atoms with Crippen LogP contribution in [0.3, 0.4) is 0 Å². The minimum Gasteiger partial charge on any atom is -0.497 e. The van der Waals surface area contributed by atoms with Crippen molar-refractivity contribution < 1.29 is 14.3 Å². The summed E-state index contributed by atoms with van der Waals surface area (Å²) in [6.45, 7) is 0.833. The molecule has 4 bridgehead atoms. The van der Waals surface area contributed by atoms with Gasteiger partial charge in [0.25, 0.3) is 0 Å². The van der Waals surface area contributed by atoms with Crippen LogP contribution in [0, 0.1) is 23.2 Å². The molecular formula is C22H29NO3. The molecule has 1 aromatic carbocycles. The number of nitrogens with one attached hydrogen (secondary N) is 1. The third-order valence-corrected chi connectivity index (χ3v) is 6.66. The van der Waals surface area contributed by atoms with Gasteiger partial charge in [0.15, 0.2) is 0 Å². The topological polar surface area (TPSA) is 47.6 Å². The number of carbonyl (C=O) groups excluding carboxylic acids is 1. The van der Waals surface area contributed by atoms with E-state index in [0.717, 1.165) is 35.6 Å². The first-order valence-electron chi connectivity index (χ1n) is 9.77. The van der Waals surface area contributed by atoms with Crippen LogP contribution in [-0.4, -0.2) is 26.7 Å². The second kappa shape index (κ2) is 6.98. The Morgan fingerprint density at radius 2 is 1.77 bits per heavy atom. The molecule has 0 spiro atoms. The van der Waals surface area contributed by atoms with Crippen LogP contribution in [0.5, 0.6) is 11.5 Å². The van der Waals surface area contributed by atoms with Gasteiger partial charge >= 0.3 is 0 Å². The molecule has 0 unspecified atom stereocenters. The Hall–Kier alpha value is -1.97. The molecule has 4 aliphatic carbocycles. The van der Waals surface area contributed by atoms with Crippen LogP contribution in [0.4, 0.5) is 0 Å². The van der Waals surface area contributed by atoms with Crippen molar-refractivity contribution in [2.24, 2.45) is 23.2 Å². The van der Waals surface area contributed by atoms with E-state index in [0.29, 0.717) is 11.2 Å². The minimum absolute atomic E-state index is 0.0152. The summed E-state index contributed by atoms with van der Waals surface area (Å²) in [5.74, 6) is 4.17. The molecule has 0 atom stereocenters. The maximum absolute atomic E-state index is 12.4. The largest absolute Gasteiger partial charge is 0.497 e. The third-order valence-electron chi connectivity index (χ3n) is 6.66. The highest BCUT2D eigenvalue weighted by Gasteiger charge is 2.50. The molecular weight excluding hydrogens is 326 g/mol. The molecule has 1 amide bonds. The highest BCUT2D eigenvalue weighted by Crippen LogP contribution is 2.59. The Balaban J connectivity index is 1.37. The number of methoxy groups -OCH3 is 2. The highest BCUT2D eigenvalue weighted by molar-refractivity contribution is 5.92. The summed E-state index contributed by atoms with van der Waals surface area (Å²) in [6, 6.07) is 5.60. The van der Waals surface area contributed by atoms with Crippen LogP contribution in [0.2, 0.25) is 0 Å². The van der Waals surface area contributed by atoms with Gasteiger partial charge in [-0.3, -0.25) is 4.79 Å². The van der Waals surface area contributed by atoms with Gasteiger partial charge in [-0.1, -0.05) is 0 Å². The Morgan fingerprint density at radius 3 is 2.35 bits per heavy atom. The van der Waals surface area contributed by atoms with Crippen LogP contribution in [-0.2, 0) is 4.79 Å². The van der Waals surface area contributed by atoms with E-state index in [1.54, 1.807) is 20.3 Å². The lowest BCUT2D eigenvalue weighted by atomic mass is 9.49. The van der Waals surface area contributed by atoms with E-state index in [9.17, 15) is 4.79 Å². The molecule has 1 aromatic rings. The van der Waals surface area contributed by atoms with Gasteiger partial charge < -0.3 is 14.8 Å². The lowest BCUT2D eigenvalue weighted by Crippen LogP contribution is -2.51. The molecule has 5 rings (SSSR count). The van der Waals surface area contributed by atoms with Crippen molar-refractivity contribution >= 4 is 12.0 Å². The molecule has 26 heavy (non-hydrogen) atoms.